The number of benzene rings is 2. The second-order valence-electron chi connectivity index (χ2n) is 6.78. The SMILES string of the molecule is COc1ccc(-c2noc(C3CCCN(C(=O)c4ccc(Cl)cc4)C3)n2)cc1. The largest absolute Gasteiger partial charge is 0.497 e. The van der Waals surface area contributed by atoms with Crippen molar-refractivity contribution in [3.05, 3.63) is 65.0 Å². The second-order valence-corrected chi connectivity index (χ2v) is 7.22. The van der Waals surface area contributed by atoms with Crippen molar-refractivity contribution in [2.24, 2.45) is 0 Å². The Hall–Kier alpha value is -2.86. The van der Waals surface area contributed by atoms with E-state index in [9.17, 15) is 4.79 Å². The molecule has 28 heavy (non-hydrogen) atoms. The third-order valence-corrected chi connectivity index (χ3v) is 5.19. The Morgan fingerprint density at radius 2 is 1.93 bits per heavy atom. The number of carbonyl (C=O) groups is 1. The summed E-state index contributed by atoms with van der Waals surface area (Å²) in [5.74, 6) is 1.91. The van der Waals surface area contributed by atoms with Crippen LogP contribution >= 0.6 is 11.6 Å². The smallest absolute Gasteiger partial charge is 0.253 e. The van der Waals surface area contributed by atoms with E-state index in [0.29, 0.717) is 28.8 Å². The van der Waals surface area contributed by atoms with Crippen molar-refractivity contribution in [1.82, 2.24) is 15.0 Å². The molecule has 4 rings (SSSR count). The van der Waals surface area contributed by atoms with Gasteiger partial charge in [-0.3, -0.25) is 4.79 Å². The molecule has 0 spiro atoms. The minimum atomic E-state index is -0.00346. The Morgan fingerprint density at radius 1 is 1.18 bits per heavy atom. The van der Waals surface area contributed by atoms with Gasteiger partial charge in [-0.1, -0.05) is 16.8 Å². The molecule has 144 valence electrons. The van der Waals surface area contributed by atoms with E-state index in [-0.39, 0.29) is 11.8 Å². The molecule has 6 nitrogen and oxygen atoms in total. The standard InChI is InChI=1S/C21H20ClN3O3/c1-27-18-10-6-14(7-11-18)19-23-20(28-24-19)16-3-2-12-25(13-16)21(26)15-4-8-17(22)9-5-15/h4-11,16H,2-3,12-13H2,1H3. The number of methoxy groups -OCH3 is 1. The number of hydrogen-bond donors (Lipinski definition) is 0. The maximum Gasteiger partial charge on any atom is 0.253 e. The number of ether oxygens (including phenoxy) is 1. The summed E-state index contributed by atoms with van der Waals surface area (Å²) in [4.78, 5) is 19.2. The lowest BCUT2D eigenvalue weighted by Gasteiger charge is -2.31. The molecule has 1 amide bonds. The lowest BCUT2D eigenvalue weighted by molar-refractivity contribution is 0.0695. The van der Waals surface area contributed by atoms with Crippen LogP contribution in [-0.4, -0.2) is 41.1 Å². The van der Waals surface area contributed by atoms with Gasteiger partial charge in [0.2, 0.25) is 11.7 Å². The van der Waals surface area contributed by atoms with E-state index < -0.39 is 0 Å². The molecule has 3 aromatic rings. The topological polar surface area (TPSA) is 68.5 Å². The van der Waals surface area contributed by atoms with E-state index in [1.165, 1.54) is 0 Å². The van der Waals surface area contributed by atoms with Crippen molar-refractivity contribution in [2.45, 2.75) is 18.8 Å². The molecular formula is C21H20ClN3O3. The zero-order chi connectivity index (χ0) is 19.5. The van der Waals surface area contributed by atoms with Crippen LogP contribution in [0.2, 0.25) is 5.02 Å². The third-order valence-electron chi connectivity index (χ3n) is 4.94. The number of nitrogens with zero attached hydrogens (tertiary/aromatic N) is 3. The Kier molecular flexibility index (Phi) is 5.30. The molecule has 0 aliphatic carbocycles. The van der Waals surface area contributed by atoms with Gasteiger partial charge in [-0.05, 0) is 61.4 Å². The normalized spacial score (nSPS) is 16.8. The van der Waals surface area contributed by atoms with Gasteiger partial charge in [0.1, 0.15) is 5.75 Å². The monoisotopic (exact) mass is 397 g/mol. The average Bonchev–Trinajstić information content (AvgIpc) is 3.24. The number of halogens is 1. The first-order valence-corrected chi connectivity index (χ1v) is 9.54. The van der Waals surface area contributed by atoms with Gasteiger partial charge in [0.25, 0.3) is 5.91 Å². The molecule has 7 heteroatoms. The van der Waals surface area contributed by atoms with E-state index in [2.05, 4.69) is 10.1 Å². The van der Waals surface area contributed by atoms with Crippen LogP contribution in [0.3, 0.4) is 0 Å². The highest BCUT2D eigenvalue weighted by Gasteiger charge is 2.29. The number of rotatable bonds is 4. The van der Waals surface area contributed by atoms with Crippen molar-refractivity contribution in [3.8, 4) is 17.1 Å². The fourth-order valence-corrected chi connectivity index (χ4v) is 3.52. The molecule has 0 radical (unpaired) electrons. The zero-order valence-electron chi connectivity index (χ0n) is 15.5. The summed E-state index contributed by atoms with van der Waals surface area (Å²) in [7, 11) is 1.63. The predicted octanol–water partition coefficient (Wildman–Crippen LogP) is 4.42. The van der Waals surface area contributed by atoms with Crippen LogP contribution in [0.4, 0.5) is 0 Å². The van der Waals surface area contributed by atoms with Crippen LogP contribution < -0.4 is 4.74 Å². The highest BCUT2D eigenvalue weighted by molar-refractivity contribution is 6.30. The van der Waals surface area contributed by atoms with E-state index in [0.717, 1.165) is 30.7 Å². The minimum Gasteiger partial charge on any atom is -0.497 e. The van der Waals surface area contributed by atoms with Crippen molar-refractivity contribution in [3.63, 3.8) is 0 Å². The molecular weight excluding hydrogens is 378 g/mol. The number of carbonyl (C=O) groups excluding carboxylic acids is 1. The van der Waals surface area contributed by atoms with E-state index in [4.69, 9.17) is 20.9 Å². The number of piperidine rings is 1. The van der Waals surface area contributed by atoms with Gasteiger partial charge in [0, 0.05) is 29.2 Å². The molecule has 0 saturated carbocycles. The van der Waals surface area contributed by atoms with E-state index in [1.807, 2.05) is 29.2 Å². The maximum absolute atomic E-state index is 12.8. The highest BCUT2D eigenvalue weighted by atomic mass is 35.5. The summed E-state index contributed by atoms with van der Waals surface area (Å²) in [6, 6.07) is 14.5. The molecule has 1 aromatic heterocycles. The predicted molar refractivity (Wildman–Crippen MR) is 106 cm³/mol. The number of aromatic nitrogens is 2. The summed E-state index contributed by atoms with van der Waals surface area (Å²) in [5, 5.41) is 4.73. The Bertz CT molecular complexity index is 954. The number of amides is 1. The van der Waals surface area contributed by atoms with Crippen LogP contribution in [-0.2, 0) is 0 Å². The first-order chi connectivity index (χ1) is 13.6. The summed E-state index contributed by atoms with van der Waals surface area (Å²) < 4.78 is 10.7. The van der Waals surface area contributed by atoms with Gasteiger partial charge >= 0.3 is 0 Å². The van der Waals surface area contributed by atoms with Crippen molar-refractivity contribution in [2.75, 3.05) is 20.2 Å². The van der Waals surface area contributed by atoms with Gasteiger partial charge in [-0.2, -0.15) is 4.98 Å². The fourth-order valence-electron chi connectivity index (χ4n) is 3.40. The summed E-state index contributed by atoms with van der Waals surface area (Å²) >= 11 is 5.92. The fraction of sp³-hybridized carbons (Fsp3) is 0.286. The quantitative estimate of drug-likeness (QED) is 0.651. The molecule has 1 atom stereocenters. The molecule has 1 fully saturated rings. The lowest BCUT2D eigenvalue weighted by atomic mass is 9.97. The van der Waals surface area contributed by atoms with Gasteiger partial charge in [0.15, 0.2) is 0 Å². The molecule has 2 heterocycles. The highest BCUT2D eigenvalue weighted by Crippen LogP contribution is 2.29. The minimum absolute atomic E-state index is 0.00346. The zero-order valence-corrected chi connectivity index (χ0v) is 16.2. The number of likely N-dealkylation sites (tertiary alicyclic amines) is 1. The summed E-state index contributed by atoms with van der Waals surface area (Å²) in [6.45, 7) is 1.28. The van der Waals surface area contributed by atoms with Crippen LogP contribution in [0, 0.1) is 0 Å². The Balaban J connectivity index is 1.48. The van der Waals surface area contributed by atoms with E-state index in [1.54, 1.807) is 31.4 Å². The van der Waals surface area contributed by atoms with Crippen LogP contribution in [0.15, 0.2) is 53.1 Å². The first-order valence-electron chi connectivity index (χ1n) is 9.17. The van der Waals surface area contributed by atoms with Gasteiger partial charge in [-0.15, -0.1) is 0 Å². The van der Waals surface area contributed by atoms with Gasteiger partial charge < -0.3 is 14.2 Å². The third kappa shape index (κ3) is 3.87. The van der Waals surface area contributed by atoms with Crippen LogP contribution in [0.5, 0.6) is 5.75 Å². The van der Waals surface area contributed by atoms with Crippen LogP contribution in [0.25, 0.3) is 11.4 Å². The van der Waals surface area contributed by atoms with Crippen molar-refractivity contribution in [1.29, 1.82) is 0 Å². The Morgan fingerprint density at radius 3 is 2.64 bits per heavy atom. The molecule has 1 unspecified atom stereocenters. The van der Waals surface area contributed by atoms with Crippen molar-refractivity contribution < 1.29 is 14.1 Å². The summed E-state index contributed by atoms with van der Waals surface area (Å²) in [5.41, 5.74) is 1.50. The number of hydrogen-bond acceptors (Lipinski definition) is 5. The first kappa shape index (κ1) is 18.5. The molecule has 1 aliphatic heterocycles. The lowest BCUT2D eigenvalue weighted by Crippen LogP contribution is -2.39. The molecule has 0 N–H and O–H groups in total. The maximum atomic E-state index is 12.8. The molecule has 2 aromatic carbocycles. The van der Waals surface area contributed by atoms with Gasteiger partial charge in [-0.25, -0.2) is 0 Å². The molecule has 1 saturated heterocycles. The second kappa shape index (κ2) is 8.02. The molecule has 1 aliphatic rings. The Labute approximate surface area is 168 Å². The summed E-state index contributed by atoms with van der Waals surface area (Å²) in [6.07, 6.45) is 1.80. The van der Waals surface area contributed by atoms with Gasteiger partial charge in [0.05, 0.1) is 13.0 Å². The van der Waals surface area contributed by atoms with E-state index >= 15 is 0 Å². The van der Waals surface area contributed by atoms with Crippen molar-refractivity contribution >= 4 is 17.5 Å². The average molecular weight is 398 g/mol. The molecule has 0 bridgehead atoms. The van der Waals surface area contributed by atoms with Crippen LogP contribution in [0.1, 0.15) is 35.0 Å².